The van der Waals surface area contributed by atoms with Crippen LogP contribution in [0.1, 0.15) is 29.2 Å². The Morgan fingerprint density at radius 3 is 2.14 bits per heavy atom. The van der Waals surface area contributed by atoms with E-state index in [1.807, 2.05) is 0 Å². The van der Waals surface area contributed by atoms with Crippen LogP contribution in [-0.4, -0.2) is 19.2 Å². The molecule has 2 heterocycles. The van der Waals surface area contributed by atoms with Crippen LogP contribution in [0.4, 0.5) is 0 Å². The molecule has 0 spiro atoms. The summed E-state index contributed by atoms with van der Waals surface area (Å²) in [5.41, 5.74) is 7.00. The minimum atomic E-state index is 0.814. The van der Waals surface area contributed by atoms with Gasteiger partial charge in [-0.2, -0.15) is 0 Å². The topological polar surface area (TPSA) is 51.6 Å². The number of hydrogen-bond acceptors (Lipinski definition) is 6. The fourth-order valence-corrected chi connectivity index (χ4v) is 4.24. The molecule has 0 aliphatic heterocycles. The van der Waals surface area contributed by atoms with Crippen LogP contribution in [0.2, 0.25) is 0 Å². The van der Waals surface area contributed by atoms with Crippen molar-refractivity contribution in [3.8, 4) is 0 Å². The molecule has 0 saturated heterocycles. The van der Waals surface area contributed by atoms with Crippen molar-refractivity contribution in [2.75, 3.05) is 0 Å². The second-order valence-corrected chi connectivity index (χ2v) is 6.87. The number of aromatic nitrogens is 4. The van der Waals surface area contributed by atoms with Gasteiger partial charge >= 0.3 is 0 Å². The maximum Gasteiger partial charge on any atom is 0.109 e. The summed E-state index contributed by atoms with van der Waals surface area (Å²) in [6.07, 6.45) is 1.82. The van der Waals surface area contributed by atoms with Crippen LogP contribution in [-0.2, 0) is 12.8 Å². The van der Waals surface area contributed by atoms with Gasteiger partial charge in [-0.3, -0.25) is 0 Å². The molecule has 0 atom stereocenters. The smallest absolute Gasteiger partial charge is 0.109 e. The highest BCUT2D eigenvalue weighted by Crippen LogP contribution is 2.29. The van der Waals surface area contributed by atoms with Gasteiger partial charge in [0.15, 0.2) is 0 Å². The van der Waals surface area contributed by atoms with Crippen molar-refractivity contribution in [2.24, 2.45) is 0 Å². The highest BCUT2D eigenvalue weighted by Gasteiger charge is 2.13. The molecule has 0 aliphatic rings. The summed E-state index contributed by atoms with van der Waals surface area (Å²) in [5, 5.41) is 8.66. The van der Waals surface area contributed by atoms with Crippen LogP contribution in [0.5, 0.6) is 0 Å². The number of aryl methyl sites for hydroxylation is 2. The largest absolute Gasteiger partial charge is 0.138 e. The molecule has 0 amide bonds. The summed E-state index contributed by atoms with van der Waals surface area (Å²) >= 11 is 2.95. The standard InChI is InChI=1S/C16H14N4S2/c1-3-10-6-7-12(14-16(10)22-20-18-14)8-11-5-4-9(2)15-13(11)17-19-21-15/h4-7H,3,8H2,1-2H3. The number of rotatable bonds is 3. The average molecular weight is 326 g/mol. The third kappa shape index (κ3) is 2.10. The third-order valence-electron chi connectivity index (χ3n) is 4.02. The lowest BCUT2D eigenvalue weighted by Gasteiger charge is -2.06. The molecule has 110 valence electrons. The lowest BCUT2D eigenvalue weighted by atomic mass is 10.00. The Balaban J connectivity index is 1.85. The van der Waals surface area contributed by atoms with E-state index in [4.69, 9.17) is 0 Å². The fraction of sp³-hybridized carbons (Fsp3) is 0.250. The van der Waals surface area contributed by atoms with Crippen molar-refractivity contribution in [3.05, 3.63) is 46.5 Å². The first kappa shape index (κ1) is 13.7. The van der Waals surface area contributed by atoms with Crippen molar-refractivity contribution in [2.45, 2.75) is 26.7 Å². The van der Waals surface area contributed by atoms with Gasteiger partial charge < -0.3 is 0 Å². The maximum atomic E-state index is 4.34. The van der Waals surface area contributed by atoms with Crippen LogP contribution in [0.15, 0.2) is 24.3 Å². The molecule has 0 bridgehead atoms. The van der Waals surface area contributed by atoms with E-state index in [2.05, 4.69) is 57.3 Å². The normalized spacial score (nSPS) is 11.5. The lowest BCUT2D eigenvalue weighted by Crippen LogP contribution is -1.94. The maximum absolute atomic E-state index is 4.34. The second kappa shape index (κ2) is 5.37. The highest BCUT2D eigenvalue weighted by molar-refractivity contribution is 7.13. The molecule has 2 aromatic heterocycles. The van der Waals surface area contributed by atoms with Gasteiger partial charge in [-0.05, 0) is 58.7 Å². The summed E-state index contributed by atoms with van der Waals surface area (Å²) in [7, 11) is 0. The first-order chi connectivity index (χ1) is 10.8. The Hall–Kier alpha value is -1.92. The molecule has 4 rings (SSSR count). The molecule has 0 saturated carbocycles. The zero-order valence-electron chi connectivity index (χ0n) is 12.3. The number of fused-ring (bicyclic) bond motifs is 2. The second-order valence-electron chi connectivity index (χ2n) is 5.36. The van der Waals surface area contributed by atoms with Gasteiger partial charge in [0, 0.05) is 6.42 Å². The predicted octanol–water partition coefficient (Wildman–Crippen LogP) is 4.16. The fourth-order valence-electron chi connectivity index (χ4n) is 2.78. The first-order valence-electron chi connectivity index (χ1n) is 7.21. The Bertz CT molecular complexity index is 971. The summed E-state index contributed by atoms with van der Waals surface area (Å²) in [4.78, 5) is 0. The van der Waals surface area contributed by atoms with Crippen LogP contribution in [0.3, 0.4) is 0 Å². The van der Waals surface area contributed by atoms with E-state index >= 15 is 0 Å². The van der Waals surface area contributed by atoms with Gasteiger partial charge in [0.1, 0.15) is 11.0 Å². The predicted molar refractivity (Wildman–Crippen MR) is 91.8 cm³/mol. The number of hydrogen-bond donors (Lipinski definition) is 0. The van der Waals surface area contributed by atoms with Gasteiger partial charge in [-0.1, -0.05) is 40.2 Å². The number of benzene rings is 2. The summed E-state index contributed by atoms with van der Waals surface area (Å²) in [5.74, 6) is 0. The number of nitrogens with zero attached hydrogens (tertiary/aromatic N) is 4. The van der Waals surface area contributed by atoms with Crippen LogP contribution in [0.25, 0.3) is 20.4 Å². The SMILES string of the molecule is CCc1ccc(Cc2ccc(C)c3snnc23)c2nnsc12. The van der Waals surface area contributed by atoms with Crippen molar-refractivity contribution in [1.29, 1.82) is 0 Å². The molecule has 2 aromatic carbocycles. The third-order valence-corrected chi connectivity index (χ3v) is 5.68. The van der Waals surface area contributed by atoms with Gasteiger partial charge in [-0.25, -0.2) is 0 Å². The molecule has 0 fully saturated rings. The molecule has 0 radical (unpaired) electrons. The molecule has 4 aromatic rings. The molecule has 6 heteroatoms. The Morgan fingerprint density at radius 1 is 0.818 bits per heavy atom. The lowest BCUT2D eigenvalue weighted by molar-refractivity contribution is 1.12. The van der Waals surface area contributed by atoms with Crippen molar-refractivity contribution in [3.63, 3.8) is 0 Å². The molecule has 0 unspecified atom stereocenters. The van der Waals surface area contributed by atoms with Crippen molar-refractivity contribution in [1.82, 2.24) is 19.2 Å². The minimum absolute atomic E-state index is 0.814. The van der Waals surface area contributed by atoms with E-state index in [0.717, 1.165) is 23.9 Å². The zero-order valence-corrected chi connectivity index (χ0v) is 14.0. The average Bonchev–Trinajstić information content (AvgIpc) is 3.19. The van der Waals surface area contributed by atoms with Gasteiger partial charge in [0.05, 0.1) is 9.40 Å². The molecular weight excluding hydrogens is 312 g/mol. The quantitative estimate of drug-likeness (QED) is 0.567. The summed E-state index contributed by atoms with van der Waals surface area (Å²) in [6, 6.07) is 8.67. The zero-order chi connectivity index (χ0) is 15.1. The molecular formula is C16H14N4S2. The molecule has 22 heavy (non-hydrogen) atoms. The Morgan fingerprint density at radius 2 is 1.41 bits per heavy atom. The molecule has 0 aliphatic carbocycles. The minimum Gasteiger partial charge on any atom is -0.138 e. The Kier molecular flexibility index (Phi) is 3.35. The van der Waals surface area contributed by atoms with Crippen LogP contribution >= 0.6 is 23.1 Å². The van der Waals surface area contributed by atoms with Crippen molar-refractivity contribution < 1.29 is 0 Å². The monoisotopic (exact) mass is 326 g/mol. The van der Waals surface area contributed by atoms with E-state index in [9.17, 15) is 0 Å². The highest BCUT2D eigenvalue weighted by atomic mass is 32.1. The molecule has 0 N–H and O–H groups in total. The van der Waals surface area contributed by atoms with Crippen LogP contribution in [0, 0.1) is 6.92 Å². The molecule has 4 nitrogen and oxygen atoms in total. The summed E-state index contributed by atoms with van der Waals surface area (Å²) in [6.45, 7) is 4.27. The Labute approximate surface area is 136 Å². The summed E-state index contributed by atoms with van der Waals surface area (Å²) < 4.78 is 10.6. The van der Waals surface area contributed by atoms with E-state index in [-0.39, 0.29) is 0 Å². The van der Waals surface area contributed by atoms with Crippen molar-refractivity contribution >= 4 is 43.5 Å². The van der Waals surface area contributed by atoms with Crippen LogP contribution < -0.4 is 0 Å². The van der Waals surface area contributed by atoms with E-state index in [0.29, 0.717) is 0 Å². The van der Waals surface area contributed by atoms with E-state index in [1.165, 1.54) is 54.7 Å². The van der Waals surface area contributed by atoms with Gasteiger partial charge in [0.2, 0.25) is 0 Å². The van der Waals surface area contributed by atoms with E-state index < -0.39 is 0 Å². The van der Waals surface area contributed by atoms with E-state index in [1.54, 1.807) is 0 Å². The van der Waals surface area contributed by atoms with Gasteiger partial charge in [0.25, 0.3) is 0 Å². The van der Waals surface area contributed by atoms with Gasteiger partial charge in [-0.15, -0.1) is 10.2 Å². The first-order valence-corrected chi connectivity index (χ1v) is 8.76.